The van der Waals surface area contributed by atoms with Gasteiger partial charge in [-0.05, 0) is 30.3 Å². The molecule has 0 aliphatic carbocycles. The standard InChI is InChI=1S/C19H20N4O2/c1-21-17-8-7-14(13-16(17)20-19(21)25)18(24)23-11-9-22(10-12-23)15-5-3-2-4-6-15/h2-8,13H,9-12H2,1H3,(H,20,25). The summed E-state index contributed by atoms with van der Waals surface area (Å²) in [5, 5.41) is 0. The van der Waals surface area contributed by atoms with Crippen molar-refractivity contribution in [2.24, 2.45) is 7.05 Å². The number of hydrogen-bond donors (Lipinski definition) is 1. The van der Waals surface area contributed by atoms with Crippen molar-refractivity contribution in [3.05, 3.63) is 64.6 Å². The number of nitrogens with zero attached hydrogens (tertiary/aromatic N) is 3. The van der Waals surface area contributed by atoms with Gasteiger partial charge in [0.1, 0.15) is 0 Å². The van der Waals surface area contributed by atoms with E-state index in [4.69, 9.17) is 0 Å². The summed E-state index contributed by atoms with van der Waals surface area (Å²) in [5.74, 6) is 0.0133. The van der Waals surface area contributed by atoms with Gasteiger partial charge >= 0.3 is 5.69 Å². The van der Waals surface area contributed by atoms with Gasteiger partial charge < -0.3 is 14.8 Å². The second kappa shape index (κ2) is 6.12. The first-order valence-electron chi connectivity index (χ1n) is 8.41. The molecule has 128 valence electrons. The average molecular weight is 336 g/mol. The van der Waals surface area contributed by atoms with Crippen molar-refractivity contribution < 1.29 is 4.79 Å². The Morgan fingerprint density at radius 3 is 2.44 bits per heavy atom. The van der Waals surface area contributed by atoms with Crippen LogP contribution in [0.1, 0.15) is 10.4 Å². The summed E-state index contributed by atoms with van der Waals surface area (Å²) >= 11 is 0. The highest BCUT2D eigenvalue weighted by atomic mass is 16.2. The number of aromatic nitrogens is 2. The van der Waals surface area contributed by atoms with Gasteiger partial charge in [0, 0.05) is 44.5 Å². The molecular weight excluding hydrogens is 316 g/mol. The molecule has 1 N–H and O–H groups in total. The molecule has 25 heavy (non-hydrogen) atoms. The Balaban J connectivity index is 1.50. The maximum Gasteiger partial charge on any atom is 0.326 e. The third-order valence-corrected chi connectivity index (χ3v) is 4.84. The molecule has 3 aromatic rings. The van der Waals surface area contributed by atoms with Gasteiger partial charge in [0.05, 0.1) is 11.0 Å². The van der Waals surface area contributed by atoms with E-state index in [-0.39, 0.29) is 11.6 Å². The normalized spacial score (nSPS) is 14.9. The van der Waals surface area contributed by atoms with Crippen LogP contribution in [0.2, 0.25) is 0 Å². The van der Waals surface area contributed by atoms with Crippen molar-refractivity contribution in [2.75, 3.05) is 31.1 Å². The summed E-state index contributed by atoms with van der Waals surface area (Å²) in [7, 11) is 1.71. The molecule has 6 heteroatoms. The molecule has 1 aliphatic rings. The van der Waals surface area contributed by atoms with Gasteiger partial charge in [-0.3, -0.25) is 9.36 Å². The van der Waals surface area contributed by atoms with E-state index >= 15 is 0 Å². The lowest BCUT2D eigenvalue weighted by atomic mass is 10.1. The number of fused-ring (bicyclic) bond motifs is 1. The van der Waals surface area contributed by atoms with E-state index in [9.17, 15) is 9.59 Å². The van der Waals surface area contributed by atoms with Gasteiger partial charge in [0.15, 0.2) is 0 Å². The summed E-state index contributed by atoms with van der Waals surface area (Å²) in [4.78, 5) is 31.4. The number of rotatable bonds is 2. The number of carbonyl (C=O) groups is 1. The highest BCUT2D eigenvalue weighted by molar-refractivity contribution is 5.97. The second-order valence-electron chi connectivity index (χ2n) is 6.34. The summed E-state index contributed by atoms with van der Waals surface area (Å²) in [6, 6.07) is 15.6. The Morgan fingerprint density at radius 1 is 1.00 bits per heavy atom. The lowest BCUT2D eigenvalue weighted by molar-refractivity contribution is 0.0747. The number of H-pyrrole nitrogens is 1. The molecule has 6 nitrogen and oxygen atoms in total. The van der Waals surface area contributed by atoms with E-state index in [1.807, 2.05) is 29.2 Å². The van der Waals surface area contributed by atoms with Crippen molar-refractivity contribution >= 4 is 22.6 Å². The van der Waals surface area contributed by atoms with Gasteiger partial charge in [0.2, 0.25) is 0 Å². The minimum Gasteiger partial charge on any atom is -0.368 e. The minimum absolute atomic E-state index is 0.0133. The van der Waals surface area contributed by atoms with E-state index < -0.39 is 0 Å². The van der Waals surface area contributed by atoms with Crippen LogP contribution in [-0.4, -0.2) is 46.5 Å². The lowest BCUT2D eigenvalue weighted by Gasteiger charge is -2.36. The molecule has 0 unspecified atom stereocenters. The number of nitrogens with one attached hydrogen (secondary N) is 1. The third-order valence-electron chi connectivity index (χ3n) is 4.84. The van der Waals surface area contributed by atoms with Crippen LogP contribution >= 0.6 is 0 Å². The molecule has 1 saturated heterocycles. The van der Waals surface area contributed by atoms with Gasteiger partial charge in [0.25, 0.3) is 5.91 Å². The smallest absolute Gasteiger partial charge is 0.326 e. The molecule has 2 aromatic carbocycles. The van der Waals surface area contributed by atoms with Crippen molar-refractivity contribution in [3.8, 4) is 0 Å². The molecule has 1 aliphatic heterocycles. The Hall–Kier alpha value is -3.02. The zero-order chi connectivity index (χ0) is 17.4. The maximum atomic E-state index is 12.8. The van der Waals surface area contributed by atoms with Crippen molar-refractivity contribution in [2.45, 2.75) is 0 Å². The fourth-order valence-electron chi connectivity index (χ4n) is 3.36. The van der Waals surface area contributed by atoms with Crippen LogP contribution in [0.25, 0.3) is 11.0 Å². The molecule has 0 bridgehead atoms. The van der Waals surface area contributed by atoms with Gasteiger partial charge in [-0.15, -0.1) is 0 Å². The first-order valence-corrected chi connectivity index (χ1v) is 8.41. The topological polar surface area (TPSA) is 61.3 Å². The second-order valence-corrected chi connectivity index (χ2v) is 6.34. The zero-order valence-corrected chi connectivity index (χ0v) is 14.1. The third kappa shape index (κ3) is 2.80. The highest BCUT2D eigenvalue weighted by Crippen LogP contribution is 2.18. The van der Waals surface area contributed by atoms with Gasteiger partial charge in [-0.25, -0.2) is 4.79 Å². The average Bonchev–Trinajstić information content (AvgIpc) is 2.95. The lowest BCUT2D eigenvalue weighted by Crippen LogP contribution is -2.48. The maximum absolute atomic E-state index is 12.8. The van der Waals surface area contributed by atoms with Crippen LogP contribution in [-0.2, 0) is 7.05 Å². The molecule has 0 saturated carbocycles. The minimum atomic E-state index is -0.170. The Bertz CT molecular complexity index is 966. The van der Waals surface area contributed by atoms with E-state index in [0.29, 0.717) is 24.2 Å². The number of carbonyl (C=O) groups excluding carboxylic acids is 1. The monoisotopic (exact) mass is 336 g/mol. The molecule has 1 aromatic heterocycles. The molecule has 1 amide bonds. The fraction of sp³-hybridized carbons (Fsp3) is 0.263. The van der Waals surface area contributed by atoms with Crippen molar-refractivity contribution in [1.82, 2.24) is 14.5 Å². The van der Waals surface area contributed by atoms with Crippen molar-refractivity contribution in [1.29, 1.82) is 0 Å². The molecule has 0 radical (unpaired) electrons. The van der Waals surface area contributed by atoms with E-state index in [0.717, 1.165) is 18.6 Å². The molecule has 4 rings (SSSR count). The summed E-state index contributed by atoms with van der Waals surface area (Å²) < 4.78 is 1.54. The van der Waals surface area contributed by atoms with Crippen LogP contribution in [0.4, 0.5) is 5.69 Å². The fourth-order valence-corrected chi connectivity index (χ4v) is 3.36. The summed E-state index contributed by atoms with van der Waals surface area (Å²) in [6.45, 7) is 3.02. The number of aromatic amines is 1. The Labute approximate surface area is 145 Å². The van der Waals surface area contributed by atoms with E-state index in [1.165, 1.54) is 5.69 Å². The predicted octanol–water partition coefficient (Wildman–Crippen LogP) is 1.83. The van der Waals surface area contributed by atoms with E-state index in [1.54, 1.807) is 23.7 Å². The number of aryl methyl sites for hydroxylation is 1. The van der Waals surface area contributed by atoms with Crippen LogP contribution in [0, 0.1) is 0 Å². The first kappa shape index (κ1) is 15.5. The molecule has 0 atom stereocenters. The first-order chi connectivity index (χ1) is 12.1. The van der Waals surface area contributed by atoms with Crippen LogP contribution in [0.15, 0.2) is 53.3 Å². The van der Waals surface area contributed by atoms with Gasteiger partial charge in [-0.1, -0.05) is 18.2 Å². The predicted molar refractivity (Wildman–Crippen MR) is 98.1 cm³/mol. The molecule has 2 heterocycles. The molecule has 1 fully saturated rings. The Kier molecular flexibility index (Phi) is 3.80. The van der Waals surface area contributed by atoms with Crippen LogP contribution < -0.4 is 10.6 Å². The summed E-state index contributed by atoms with van der Waals surface area (Å²) in [5.41, 5.74) is 3.13. The number of amides is 1. The number of imidazole rings is 1. The molecule has 0 spiro atoms. The Morgan fingerprint density at radius 2 is 1.72 bits per heavy atom. The summed E-state index contributed by atoms with van der Waals surface area (Å²) in [6.07, 6.45) is 0. The van der Waals surface area contributed by atoms with Gasteiger partial charge in [-0.2, -0.15) is 0 Å². The quantitative estimate of drug-likeness (QED) is 0.777. The number of anilines is 1. The highest BCUT2D eigenvalue weighted by Gasteiger charge is 2.22. The van der Waals surface area contributed by atoms with Crippen LogP contribution in [0.5, 0.6) is 0 Å². The SMILES string of the molecule is Cn1c(=O)[nH]c2cc(C(=O)N3CCN(c4ccccc4)CC3)ccc21. The van der Waals surface area contributed by atoms with E-state index in [2.05, 4.69) is 22.0 Å². The molecular formula is C19H20N4O2. The van der Waals surface area contributed by atoms with Crippen LogP contribution in [0.3, 0.4) is 0 Å². The number of piperazine rings is 1. The number of para-hydroxylation sites is 1. The van der Waals surface area contributed by atoms with Crippen molar-refractivity contribution in [3.63, 3.8) is 0 Å². The number of hydrogen-bond acceptors (Lipinski definition) is 3. The zero-order valence-electron chi connectivity index (χ0n) is 14.1. The largest absolute Gasteiger partial charge is 0.368 e. The number of benzene rings is 2.